The maximum absolute atomic E-state index is 13.5. The van der Waals surface area contributed by atoms with E-state index in [1.54, 1.807) is 12.1 Å². The molecule has 9 heteroatoms. The van der Waals surface area contributed by atoms with Crippen molar-refractivity contribution in [2.24, 2.45) is 5.10 Å². The Kier molecular flexibility index (Phi) is 10.2. The van der Waals surface area contributed by atoms with Crippen molar-refractivity contribution in [2.45, 2.75) is 33.1 Å². The second-order valence-corrected chi connectivity index (χ2v) is 7.59. The van der Waals surface area contributed by atoms with Gasteiger partial charge in [-0.05, 0) is 65.8 Å². The maximum atomic E-state index is 13.5. The van der Waals surface area contributed by atoms with Crippen LogP contribution in [0.2, 0.25) is 0 Å². The van der Waals surface area contributed by atoms with Gasteiger partial charge >= 0.3 is 0 Å². The molecule has 0 unspecified atom stereocenters. The van der Waals surface area contributed by atoms with Gasteiger partial charge in [-0.25, -0.2) is 9.82 Å². The van der Waals surface area contributed by atoms with Crippen molar-refractivity contribution in [1.29, 1.82) is 0 Å². The summed E-state index contributed by atoms with van der Waals surface area (Å²) in [6, 6.07) is 9.49. The first-order valence-electron chi connectivity index (χ1n) is 9.90. The summed E-state index contributed by atoms with van der Waals surface area (Å²) in [5.74, 6) is -0.116. The zero-order chi connectivity index (χ0) is 22.6. The van der Waals surface area contributed by atoms with Crippen molar-refractivity contribution in [3.05, 3.63) is 51.3 Å². The van der Waals surface area contributed by atoms with E-state index in [9.17, 15) is 14.0 Å². The average molecular weight is 541 g/mol. The fraction of sp³-hybridized carbons (Fsp3) is 0.318. The molecule has 2 aromatic rings. The van der Waals surface area contributed by atoms with Crippen molar-refractivity contribution in [3.8, 4) is 11.5 Å². The van der Waals surface area contributed by atoms with Crippen LogP contribution < -0.4 is 20.2 Å². The average Bonchev–Trinajstić information content (AvgIpc) is 2.74. The number of rotatable bonds is 11. The highest BCUT2D eigenvalue weighted by atomic mass is 127. The first-order valence-corrected chi connectivity index (χ1v) is 11.0. The Hall–Kier alpha value is -2.69. The largest absolute Gasteiger partial charge is 0.490 e. The van der Waals surface area contributed by atoms with Crippen LogP contribution in [0, 0.1) is 9.39 Å². The number of hydrazone groups is 1. The number of halogens is 2. The van der Waals surface area contributed by atoms with Crippen LogP contribution in [0.5, 0.6) is 11.5 Å². The van der Waals surface area contributed by atoms with Gasteiger partial charge in [0.05, 0.1) is 28.7 Å². The lowest BCUT2D eigenvalue weighted by Gasteiger charge is -2.14. The summed E-state index contributed by atoms with van der Waals surface area (Å²) < 4.78 is 25.8. The van der Waals surface area contributed by atoms with Crippen LogP contribution in [-0.4, -0.2) is 31.2 Å². The normalized spacial score (nSPS) is 10.7. The highest BCUT2D eigenvalue weighted by Crippen LogP contribution is 2.34. The van der Waals surface area contributed by atoms with E-state index in [-0.39, 0.29) is 18.5 Å². The van der Waals surface area contributed by atoms with Crippen LogP contribution in [0.25, 0.3) is 0 Å². The first-order chi connectivity index (χ1) is 14.9. The van der Waals surface area contributed by atoms with Gasteiger partial charge in [-0.3, -0.25) is 9.59 Å². The second kappa shape index (κ2) is 12.9. The molecule has 0 aliphatic rings. The zero-order valence-electron chi connectivity index (χ0n) is 17.4. The summed E-state index contributed by atoms with van der Waals surface area (Å²) >= 11 is 2.16. The van der Waals surface area contributed by atoms with E-state index in [0.29, 0.717) is 24.7 Å². The fourth-order valence-electron chi connectivity index (χ4n) is 2.51. The number of carbonyl (C=O) groups excluding carboxylic acids is 2. The molecule has 0 atom stereocenters. The number of amides is 2. The number of anilines is 1. The van der Waals surface area contributed by atoms with Gasteiger partial charge in [-0.1, -0.05) is 19.1 Å². The van der Waals surface area contributed by atoms with Gasteiger partial charge in [0, 0.05) is 12.8 Å². The Morgan fingerprint density at radius 1 is 1.13 bits per heavy atom. The molecule has 0 fully saturated rings. The minimum atomic E-state index is -0.530. The lowest BCUT2D eigenvalue weighted by molar-refractivity contribution is -0.124. The van der Waals surface area contributed by atoms with E-state index < -0.39 is 17.6 Å². The summed E-state index contributed by atoms with van der Waals surface area (Å²) in [7, 11) is 0. The van der Waals surface area contributed by atoms with Crippen molar-refractivity contribution in [1.82, 2.24) is 5.43 Å². The summed E-state index contributed by atoms with van der Waals surface area (Å²) in [4.78, 5) is 23.8. The Labute approximate surface area is 194 Å². The van der Waals surface area contributed by atoms with Crippen LogP contribution in [0.1, 0.15) is 38.7 Å². The topological polar surface area (TPSA) is 89.0 Å². The van der Waals surface area contributed by atoms with Crippen LogP contribution in [0.3, 0.4) is 0 Å². The monoisotopic (exact) mass is 541 g/mol. The van der Waals surface area contributed by atoms with Crippen LogP contribution >= 0.6 is 22.6 Å². The molecule has 31 heavy (non-hydrogen) atoms. The minimum absolute atomic E-state index is 0.0802. The quantitative estimate of drug-likeness (QED) is 0.250. The summed E-state index contributed by atoms with van der Waals surface area (Å²) in [6.45, 7) is 5.00. The fourth-order valence-corrected chi connectivity index (χ4v) is 3.29. The van der Waals surface area contributed by atoms with E-state index >= 15 is 0 Å². The van der Waals surface area contributed by atoms with Gasteiger partial charge < -0.3 is 14.8 Å². The Balaban J connectivity index is 1.88. The lowest BCUT2D eigenvalue weighted by atomic mass is 10.2. The number of carbonyl (C=O) groups is 2. The van der Waals surface area contributed by atoms with Crippen LogP contribution in [-0.2, 0) is 9.59 Å². The van der Waals surface area contributed by atoms with Gasteiger partial charge in [-0.2, -0.15) is 5.10 Å². The first kappa shape index (κ1) is 24.6. The Morgan fingerprint density at radius 2 is 1.87 bits per heavy atom. The van der Waals surface area contributed by atoms with Gasteiger partial charge in [0.1, 0.15) is 5.82 Å². The Bertz CT molecular complexity index is 937. The van der Waals surface area contributed by atoms with E-state index in [1.165, 1.54) is 24.4 Å². The highest BCUT2D eigenvalue weighted by molar-refractivity contribution is 14.1. The van der Waals surface area contributed by atoms with E-state index in [0.717, 1.165) is 15.6 Å². The maximum Gasteiger partial charge on any atom is 0.240 e. The number of para-hydroxylation sites is 1. The summed E-state index contributed by atoms with van der Waals surface area (Å²) in [5, 5.41) is 6.37. The minimum Gasteiger partial charge on any atom is -0.490 e. The molecule has 2 rings (SSSR count). The molecule has 7 nitrogen and oxygen atoms in total. The van der Waals surface area contributed by atoms with Gasteiger partial charge in [0.15, 0.2) is 11.5 Å². The molecular weight excluding hydrogens is 516 g/mol. The Morgan fingerprint density at radius 3 is 2.58 bits per heavy atom. The second-order valence-electron chi connectivity index (χ2n) is 6.43. The molecule has 2 N–H and O–H groups in total. The third-order valence-electron chi connectivity index (χ3n) is 3.91. The molecular formula is C22H25FIN3O4. The third kappa shape index (κ3) is 8.16. The number of hydrogen-bond acceptors (Lipinski definition) is 5. The number of hydrogen-bond donors (Lipinski definition) is 2. The van der Waals surface area contributed by atoms with Crippen LogP contribution in [0.4, 0.5) is 10.1 Å². The molecule has 0 saturated heterocycles. The highest BCUT2D eigenvalue weighted by Gasteiger charge is 2.12. The van der Waals surface area contributed by atoms with Crippen LogP contribution in [0.15, 0.2) is 41.5 Å². The standard InChI is InChI=1S/C22H25FIN3O4/c1-3-11-31-22-17(24)12-15(13-19(22)30-4-2)14-25-27-21(29)10-9-20(28)26-18-8-6-5-7-16(18)23/h5-8,12-14H,3-4,9-11H2,1-2H3,(H,26,28)(H,27,29). The number of ether oxygens (including phenoxy) is 2. The van der Waals surface area contributed by atoms with Gasteiger partial charge in [0.2, 0.25) is 11.8 Å². The molecule has 2 aromatic carbocycles. The molecule has 0 aliphatic heterocycles. The van der Waals surface area contributed by atoms with E-state index in [1.807, 2.05) is 19.9 Å². The summed E-state index contributed by atoms with van der Waals surface area (Å²) in [5.41, 5.74) is 3.19. The predicted octanol–water partition coefficient (Wildman–Crippen LogP) is 4.49. The number of benzene rings is 2. The van der Waals surface area contributed by atoms with Crippen molar-refractivity contribution >= 4 is 46.3 Å². The molecule has 2 amide bonds. The van der Waals surface area contributed by atoms with Gasteiger partial charge in [-0.15, -0.1) is 0 Å². The molecule has 166 valence electrons. The van der Waals surface area contributed by atoms with E-state index in [2.05, 4.69) is 38.4 Å². The van der Waals surface area contributed by atoms with Crippen molar-refractivity contribution in [2.75, 3.05) is 18.5 Å². The van der Waals surface area contributed by atoms with Crippen molar-refractivity contribution in [3.63, 3.8) is 0 Å². The van der Waals surface area contributed by atoms with Crippen molar-refractivity contribution < 1.29 is 23.5 Å². The molecule has 0 bridgehead atoms. The number of nitrogens with zero attached hydrogens (tertiary/aromatic N) is 1. The van der Waals surface area contributed by atoms with E-state index in [4.69, 9.17) is 9.47 Å². The number of nitrogens with one attached hydrogen (secondary N) is 2. The SMILES string of the molecule is CCCOc1c(I)cc(C=NNC(=O)CCC(=O)Nc2ccccc2F)cc1OCC. The molecule has 0 saturated carbocycles. The third-order valence-corrected chi connectivity index (χ3v) is 4.71. The molecule has 0 radical (unpaired) electrons. The smallest absolute Gasteiger partial charge is 0.240 e. The molecule has 0 heterocycles. The molecule has 0 aliphatic carbocycles. The predicted molar refractivity (Wildman–Crippen MR) is 126 cm³/mol. The molecule has 0 spiro atoms. The summed E-state index contributed by atoms with van der Waals surface area (Å²) in [6.07, 6.45) is 2.20. The van der Waals surface area contributed by atoms with Gasteiger partial charge in [0.25, 0.3) is 0 Å². The molecule has 0 aromatic heterocycles. The lowest BCUT2D eigenvalue weighted by Crippen LogP contribution is -2.21. The zero-order valence-corrected chi connectivity index (χ0v) is 19.6.